The van der Waals surface area contributed by atoms with Crippen molar-refractivity contribution >= 4 is 23.0 Å². The summed E-state index contributed by atoms with van der Waals surface area (Å²) in [7, 11) is 0. The number of hydrogen-bond acceptors (Lipinski definition) is 7. The molecule has 22 heavy (non-hydrogen) atoms. The zero-order chi connectivity index (χ0) is 16.3. The van der Waals surface area contributed by atoms with E-state index in [1.165, 1.54) is 0 Å². The molecule has 10 heteroatoms. The molecule has 1 N–H and O–H groups in total. The van der Waals surface area contributed by atoms with Gasteiger partial charge in [0.05, 0.1) is 29.1 Å². The highest BCUT2D eigenvalue weighted by atomic mass is 16.6. The molecule has 0 fully saturated rings. The van der Waals surface area contributed by atoms with Gasteiger partial charge >= 0.3 is 11.4 Å². The number of hydrogen-bond donors (Lipinski definition) is 1. The second kappa shape index (κ2) is 6.24. The first-order valence-corrected chi connectivity index (χ1v) is 6.44. The quantitative estimate of drug-likeness (QED) is 0.666. The lowest BCUT2D eigenvalue weighted by Crippen LogP contribution is -2.15. The van der Waals surface area contributed by atoms with Crippen LogP contribution in [-0.4, -0.2) is 29.0 Å². The number of nitrogens with one attached hydrogen (secondary N) is 1. The normalized spacial score (nSPS) is 13.7. The van der Waals surface area contributed by atoms with Gasteiger partial charge in [0.1, 0.15) is 0 Å². The van der Waals surface area contributed by atoms with E-state index in [9.17, 15) is 25.0 Å². The van der Waals surface area contributed by atoms with Crippen molar-refractivity contribution in [1.29, 1.82) is 0 Å². The van der Waals surface area contributed by atoms with E-state index >= 15 is 0 Å². The number of nitrogens with zero attached hydrogens (tertiary/aromatic N) is 2. The number of carbonyl (C=O) groups excluding carboxylic acids is 1. The first kappa shape index (κ1) is 15.5. The van der Waals surface area contributed by atoms with E-state index in [0.29, 0.717) is 19.4 Å². The van der Waals surface area contributed by atoms with Gasteiger partial charge in [-0.25, -0.2) is 0 Å². The van der Waals surface area contributed by atoms with Gasteiger partial charge in [0.2, 0.25) is 5.91 Å². The second-order valence-electron chi connectivity index (χ2n) is 4.55. The topological polar surface area (TPSA) is 134 Å². The average molecular weight is 311 g/mol. The van der Waals surface area contributed by atoms with Crippen molar-refractivity contribution in [3.05, 3.63) is 26.3 Å². The number of fused-ring (bicyclic) bond motifs is 1. The van der Waals surface area contributed by atoms with E-state index in [2.05, 4.69) is 5.32 Å². The van der Waals surface area contributed by atoms with Crippen LogP contribution in [0.4, 0.5) is 17.1 Å². The molecule has 2 rings (SSSR count). The van der Waals surface area contributed by atoms with Crippen LogP contribution in [0.15, 0.2) is 6.07 Å². The number of benzene rings is 1. The molecule has 1 aliphatic rings. The zero-order valence-electron chi connectivity index (χ0n) is 11.7. The van der Waals surface area contributed by atoms with Gasteiger partial charge in [-0.15, -0.1) is 0 Å². The molecule has 1 aromatic rings. The van der Waals surface area contributed by atoms with Crippen LogP contribution in [0.1, 0.15) is 19.8 Å². The molecule has 0 unspecified atom stereocenters. The molecule has 1 aromatic carbocycles. The molecule has 0 aromatic heterocycles. The van der Waals surface area contributed by atoms with E-state index in [0.717, 1.165) is 13.0 Å². The summed E-state index contributed by atoms with van der Waals surface area (Å²) in [6.07, 6.45) is 1.34. The molecule has 1 heterocycles. The Kier molecular flexibility index (Phi) is 4.39. The van der Waals surface area contributed by atoms with Gasteiger partial charge in [0.15, 0.2) is 17.2 Å². The van der Waals surface area contributed by atoms with Crippen LogP contribution >= 0.6 is 0 Å². The Balaban J connectivity index is 2.73. The minimum atomic E-state index is -0.925. The fraction of sp³-hybridized carbons (Fsp3) is 0.417. The molecule has 0 bridgehead atoms. The molecule has 0 aliphatic carbocycles. The number of nitro benzene ring substituents is 2. The summed E-state index contributed by atoms with van der Waals surface area (Å²) >= 11 is 0. The predicted octanol–water partition coefficient (Wildman–Crippen LogP) is 2.01. The second-order valence-corrected chi connectivity index (χ2v) is 4.55. The van der Waals surface area contributed by atoms with Crippen molar-refractivity contribution < 1.29 is 24.1 Å². The van der Waals surface area contributed by atoms with E-state index in [4.69, 9.17) is 9.47 Å². The number of nitro groups is 2. The third-order valence-corrected chi connectivity index (χ3v) is 2.92. The lowest BCUT2D eigenvalue weighted by Gasteiger charge is -2.19. The Morgan fingerprint density at radius 3 is 2.36 bits per heavy atom. The zero-order valence-corrected chi connectivity index (χ0v) is 11.7. The summed E-state index contributed by atoms with van der Waals surface area (Å²) in [6, 6.07) is 0.949. The first-order valence-electron chi connectivity index (χ1n) is 6.44. The van der Waals surface area contributed by atoms with Gasteiger partial charge in [0, 0.05) is 6.92 Å². The standard InChI is InChI=1S/C12H13N3O7/c1-7(16)13-10-11(15(19)20)8(14(17)18)6-9-12(10)22-5-3-2-4-21-9/h6H,2-5H2,1H3,(H,13,16). The number of amides is 1. The average Bonchev–Trinajstić information content (AvgIpc) is 2.38. The summed E-state index contributed by atoms with van der Waals surface area (Å²) in [4.78, 5) is 31.8. The Hall–Kier alpha value is -2.91. The van der Waals surface area contributed by atoms with Crippen molar-refractivity contribution in [3.63, 3.8) is 0 Å². The maximum absolute atomic E-state index is 11.3. The summed E-state index contributed by atoms with van der Waals surface area (Å²) in [6.45, 7) is 1.70. The third kappa shape index (κ3) is 3.05. The lowest BCUT2D eigenvalue weighted by molar-refractivity contribution is -0.421. The van der Waals surface area contributed by atoms with E-state index in [1.54, 1.807) is 0 Å². The molecule has 0 radical (unpaired) electrons. The van der Waals surface area contributed by atoms with E-state index in [1.807, 2.05) is 0 Å². The first-order chi connectivity index (χ1) is 10.4. The van der Waals surface area contributed by atoms with Gasteiger partial charge in [-0.3, -0.25) is 25.0 Å². The summed E-state index contributed by atoms with van der Waals surface area (Å²) in [5, 5.41) is 24.6. The molecule has 0 spiro atoms. The molecular formula is C12H13N3O7. The van der Waals surface area contributed by atoms with Gasteiger partial charge < -0.3 is 14.8 Å². The molecule has 10 nitrogen and oxygen atoms in total. The van der Waals surface area contributed by atoms with E-state index in [-0.39, 0.29) is 23.8 Å². The molecule has 0 saturated heterocycles. The number of carbonyl (C=O) groups is 1. The summed E-state index contributed by atoms with van der Waals surface area (Å²) < 4.78 is 10.8. The van der Waals surface area contributed by atoms with Gasteiger partial charge in [-0.05, 0) is 12.8 Å². The Morgan fingerprint density at radius 1 is 1.18 bits per heavy atom. The van der Waals surface area contributed by atoms with Crippen molar-refractivity contribution in [2.24, 2.45) is 0 Å². The van der Waals surface area contributed by atoms with Gasteiger partial charge in [-0.2, -0.15) is 0 Å². The Labute approximate surface area is 124 Å². The highest BCUT2D eigenvalue weighted by molar-refractivity contribution is 5.96. The lowest BCUT2D eigenvalue weighted by atomic mass is 10.1. The van der Waals surface area contributed by atoms with Crippen LogP contribution in [0, 0.1) is 20.2 Å². The number of ether oxygens (including phenoxy) is 2. The Morgan fingerprint density at radius 2 is 1.82 bits per heavy atom. The smallest absolute Gasteiger partial charge is 0.373 e. The fourth-order valence-electron chi connectivity index (χ4n) is 2.04. The number of rotatable bonds is 3. The highest BCUT2D eigenvalue weighted by Gasteiger charge is 2.36. The van der Waals surface area contributed by atoms with Gasteiger partial charge in [-0.1, -0.05) is 0 Å². The molecule has 0 saturated carbocycles. The van der Waals surface area contributed by atoms with Crippen LogP contribution in [0.5, 0.6) is 11.5 Å². The largest absolute Gasteiger partial charge is 0.489 e. The highest BCUT2D eigenvalue weighted by Crippen LogP contribution is 2.48. The van der Waals surface area contributed by atoms with Crippen LogP contribution in [-0.2, 0) is 4.79 Å². The predicted molar refractivity (Wildman–Crippen MR) is 74.3 cm³/mol. The maximum Gasteiger partial charge on any atom is 0.373 e. The summed E-state index contributed by atoms with van der Waals surface area (Å²) in [5.74, 6) is -0.676. The minimum absolute atomic E-state index is 0.000694. The van der Waals surface area contributed by atoms with E-state index < -0.39 is 27.1 Å². The molecular weight excluding hydrogens is 298 g/mol. The van der Waals surface area contributed by atoms with Crippen molar-refractivity contribution in [3.8, 4) is 11.5 Å². The van der Waals surface area contributed by atoms with Crippen molar-refractivity contribution in [1.82, 2.24) is 0 Å². The van der Waals surface area contributed by atoms with Crippen LogP contribution in [0.25, 0.3) is 0 Å². The van der Waals surface area contributed by atoms with Crippen molar-refractivity contribution in [2.75, 3.05) is 18.5 Å². The minimum Gasteiger partial charge on any atom is -0.489 e. The molecule has 1 amide bonds. The summed E-state index contributed by atoms with van der Waals surface area (Å²) in [5.41, 5.74) is -1.96. The van der Waals surface area contributed by atoms with Crippen molar-refractivity contribution in [2.45, 2.75) is 19.8 Å². The van der Waals surface area contributed by atoms with Gasteiger partial charge in [0.25, 0.3) is 0 Å². The SMILES string of the molecule is CC(=O)Nc1c2c(cc([N+](=O)[O-])c1[N+](=O)[O-])OCCCCO2. The molecule has 0 atom stereocenters. The Bertz CT molecular complexity index is 644. The molecule has 118 valence electrons. The monoisotopic (exact) mass is 311 g/mol. The molecule has 1 aliphatic heterocycles. The fourth-order valence-corrected chi connectivity index (χ4v) is 2.04. The van der Waals surface area contributed by atoms with Crippen LogP contribution in [0.3, 0.4) is 0 Å². The maximum atomic E-state index is 11.3. The van der Waals surface area contributed by atoms with Crippen LogP contribution < -0.4 is 14.8 Å². The third-order valence-electron chi connectivity index (χ3n) is 2.92. The van der Waals surface area contributed by atoms with Crippen LogP contribution in [0.2, 0.25) is 0 Å². The number of anilines is 1.